The molecule has 4 N–H and O–H groups in total. The topological polar surface area (TPSA) is 106 Å². The SMILES string of the molecule is CCOC1CC(N)(C(=O)NC(C)c2ncn[nH]2)C1(C)C. The van der Waals surface area contributed by atoms with Gasteiger partial charge in [-0.15, -0.1) is 0 Å². The summed E-state index contributed by atoms with van der Waals surface area (Å²) < 4.78 is 5.63. The van der Waals surface area contributed by atoms with Crippen molar-refractivity contribution in [1.29, 1.82) is 0 Å². The molecule has 3 atom stereocenters. The molecule has 1 aliphatic carbocycles. The summed E-state index contributed by atoms with van der Waals surface area (Å²) in [6, 6.07) is -0.257. The van der Waals surface area contributed by atoms with Crippen LogP contribution in [0.15, 0.2) is 6.33 Å². The number of hydrogen-bond donors (Lipinski definition) is 3. The molecule has 112 valence electrons. The van der Waals surface area contributed by atoms with Crippen molar-refractivity contribution >= 4 is 5.91 Å². The first-order chi connectivity index (χ1) is 9.33. The van der Waals surface area contributed by atoms with Crippen LogP contribution in [0.2, 0.25) is 0 Å². The molecule has 0 aliphatic heterocycles. The molecule has 0 aromatic carbocycles. The Bertz CT molecular complexity index is 473. The van der Waals surface area contributed by atoms with E-state index >= 15 is 0 Å². The van der Waals surface area contributed by atoms with Crippen molar-refractivity contribution in [3.8, 4) is 0 Å². The Morgan fingerprint density at radius 3 is 2.90 bits per heavy atom. The van der Waals surface area contributed by atoms with E-state index in [0.29, 0.717) is 18.9 Å². The zero-order chi connectivity index (χ0) is 15.0. The molecule has 1 saturated carbocycles. The first kappa shape index (κ1) is 14.9. The van der Waals surface area contributed by atoms with Crippen LogP contribution in [-0.2, 0) is 9.53 Å². The zero-order valence-corrected chi connectivity index (χ0v) is 12.4. The predicted octanol–water partition coefficient (Wildman–Crippen LogP) is 0.514. The van der Waals surface area contributed by atoms with Crippen molar-refractivity contribution < 1.29 is 9.53 Å². The van der Waals surface area contributed by atoms with Gasteiger partial charge in [0, 0.05) is 18.4 Å². The van der Waals surface area contributed by atoms with Gasteiger partial charge in [-0.2, -0.15) is 5.10 Å². The molecule has 1 aromatic rings. The summed E-state index contributed by atoms with van der Waals surface area (Å²) >= 11 is 0. The van der Waals surface area contributed by atoms with E-state index < -0.39 is 11.0 Å². The molecule has 1 aliphatic rings. The summed E-state index contributed by atoms with van der Waals surface area (Å²) in [5.74, 6) is 0.433. The van der Waals surface area contributed by atoms with E-state index in [-0.39, 0.29) is 18.1 Å². The number of carbonyl (C=O) groups is 1. The summed E-state index contributed by atoms with van der Waals surface area (Å²) in [5.41, 5.74) is 5.00. The maximum absolute atomic E-state index is 12.5. The summed E-state index contributed by atoms with van der Waals surface area (Å²) in [7, 11) is 0. The summed E-state index contributed by atoms with van der Waals surface area (Å²) in [4.78, 5) is 16.5. The van der Waals surface area contributed by atoms with Gasteiger partial charge in [-0.1, -0.05) is 13.8 Å². The molecule has 3 unspecified atom stereocenters. The van der Waals surface area contributed by atoms with Crippen molar-refractivity contribution in [3.63, 3.8) is 0 Å². The van der Waals surface area contributed by atoms with Gasteiger partial charge < -0.3 is 15.8 Å². The molecule has 2 rings (SSSR count). The second-order valence-corrected chi connectivity index (χ2v) is 5.91. The largest absolute Gasteiger partial charge is 0.378 e. The van der Waals surface area contributed by atoms with E-state index in [2.05, 4.69) is 20.5 Å². The minimum absolute atomic E-state index is 0.0174. The van der Waals surface area contributed by atoms with Crippen LogP contribution in [0.4, 0.5) is 0 Å². The van der Waals surface area contributed by atoms with Crippen molar-refractivity contribution in [2.75, 3.05) is 6.61 Å². The zero-order valence-electron chi connectivity index (χ0n) is 12.4. The quantitative estimate of drug-likeness (QED) is 0.729. The van der Waals surface area contributed by atoms with Gasteiger partial charge in [0.25, 0.3) is 0 Å². The number of rotatable bonds is 5. The van der Waals surface area contributed by atoms with Crippen LogP contribution >= 0.6 is 0 Å². The predicted molar refractivity (Wildman–Crippen MR) is 73.7 cm³/mol. The van der Waals surface area contributed by atoms with E-state index in [4.69, 9.17) is 10.5 Å². The van der Waals surface area contributed by atoms with Crippen molar-refractivity contribution in [2.24, 2.45) is 11.1 Å². The first-order valence-corrected chi connectivity index (χ1v) is 6.89. The van der Waals surface area contributed by atoms with Crippen LogP contribution in [0.1, 0.15) is 46.0 Å². The van der Waals surface area contributed by atoms with E-state index in [1.165, 1.54) is 6.33 Å². The lowest BCUT2D eigenvalue weighted by atomic mass is 9.54. The van der Waals surface area contributed by atoms with Gasteiger partial charge in [0.05, 0.1) is 12.1 Å². The van der Waals surface area contributed by atoms with Crippen LogP contribution in [0, 0.1) is 5.41 Å². The molecule has 20 heavy (non-hydrogen) atoms. The van der Waals surface area contributed by atoms with Gasteiger partial charge in [-0.05, 0) is 13.8 Å². The fourth-order valence-corrected chi connectivity index (χ4v) is 2.64. The van der Waals surface area contributed by atoms with Gasteiger partial charge in [0.2, 0.25) is 5.91 Å². The minimum atomic E-state index is -0.916. The highest BCUT2D eigenvalue weighted by molar-refractivity contribution is 5.89. The summed E-state index contributed by atoms with van der Waals surface area (Å²) in [6.45, 7) is 8.34. The molecule has 1 aromatic heterocycles. The average molecular weight is 281 g/mol. The Balaban J connectivity index is 2.03. The lowest BCUT2D eigenvalue weighted by Crippen LogP contribution is -2.75. The van der Waals surface area contributed by atoms with Crippen molar-refractivity contribution in [3.05, 3.63) is 12.2 Å². The Labute approximate surface area is 118 Å². The number of ether oxygens (including phenoxy) is 1. The molecule has 1 fully saturated rings. The number of nitrogens with two attached hydrogens (primary N) is 1. The molecule has 0 spiro atoms. The molecular weight excluding hydrogens is 258 g/mol. The van der Waals surface area contributed by atoms with Gasteiger partial charge in [0.15, 0.2) is 0 Å². The Hall–Kier alpha value is -1.47. The standard InChI is InChI=1S/C13H23N5O2/c1-5-20-9-6-13(14,12(9,3)4)11(19)17-8(2)10-15-7-16-18-10/h7-9H,5-6,14H2,1-4H3,(H,17,19)(H,15,16,18). The first-order valence-electron chi connectivity index (χ1n) is 6.89. The molecule has 7 heteroatoms. The molecule has 7 nitrogen and oxygen atoms in total. The maximum atomic E-state index is 12.5. The third-order valence-corrected chi connectivity index (χ3v) is 4.43. The van der Waals surface area contributed by atoms with Crippen LogP contribution in [0.3, 0.4) is 0 Å². The second kappa shape index (κ2) is 5.14. The van der Waals surface area contributed by atoms with E-state index in [0.717, 1.165) is 0 Å². The Morgan fingerprint density at radius 1 is 1.70 bits per heavy atom. The van der Waals surface area contributed by atoms with Crippen molar-refractivity contribution in [1.82, 2.24) is 20.5 Å². The molecular formula is C13H23N5O2. The highest BCUT2D eigenvalue weighted by atomic mass is 16.5. The number of nitrogens with zero attached hydrogens (tertiary/aromatic N) is 2. The third-order valence-electron chi connectivity index (χ3n) is 4.43. The van der Waals surface area contributed by atoms with Gasteiger partial charge in [-0.3, -0.25) is 9.89 Å². The number of carbonyl (C=O) groups excluding carboxylic acids is 1. The highest BCUT2D eigenvalue weighted by Crippen LogP contribution is 2.50. The lowest BCUT2D eigenvalue weighted by molar-refractivity contribution is -0.171. The van der Waals surface area contributed by atoms with Gasteiger partial charge >= 0.3 is 0 Å². The van der Waals surface area contributed by atoms with E-state index in [1.807, 2.05) is 27.7 Å². The molecule has 0 bridgehead atoms. The van der Waals surface area contributed by atoms with Crippen LogP contribution in [0.25, 0.3) is 0 Å². The minimum Gasteiger partial charge on any atom is -0.378 e. The Kier molecular flexibility index (Phi) is 3.84. The molecule has 1 amide bonds. The third kappa shape index (κ3) is 2.20. The number of nitrogens with one attached hydrogen (secondary N) is 2. The fourth-order valence-electron chi connectivity index (χ4n) is 2.64. The van der Waals surface area contributed by atoms with E-state index in [9.17, 15) is 4.79 Å². The number of aromatic nitrogens is 3. The van der Waals surface area contributed by atoms with Crippen LogP contribution < -0.4 is 11.1 Å². The highest BCUT2D eigenvalue weighted by Gasteiger charge is 2.62. The van der Waals surface area contributed by atoms with Gasteiger partial charge in [-0.25, -0.2) is 4.98 Å². The average Bonchev–Trinajstić information content (AvgIpc) is 2.92. The number of hydrogen-bond acceptors (Lipinski definition) is 5. The maximum Gasteiger partial charge on any atom is 0.241 e. The number of H-pyrrole nitrogens is 1. The summed E-state index contributed by atoms with van der Waals surface area (Å²) in [6.07, 6.45) is 1.96. The van der Waals surface area contributed by atoms with E-state index in [1.54, 1.807) is 0 Å². The fraction of sp³-hybridized carbons (Fsp3) is 0.769. The smallest absolute Gasteiger partial charge is 0.241 e. The summed E-state index contributed by atoms with van der Waals surface area (Å²) in [5, 5.41) is 9.40. The molecule has 1 heterocycles. The van der Waals surface area contributed by atoms with Gasteiger partial charge in [0.1, 0.15) is 17.7 Å². The monoisotopic (exact) mass is 281 g/mol. The normalized spacial score (nSPS) is 29.6. The number of amides is 1. The number of aromatic amines is 1. The Morgan fingerprint density at radius 2 is 2.40 bits per heavy atom. The lowest BCUT2D eigenvalue weighted by Gasteiger charge is -2.57. The van der Waals surface area contributed by atoms with Crippen molar-refractivity contribution in [2.45, 2.75) is 51.8 Å². The molecule has 0 radical (unpaired) electrons. The molecule has 0 saturated heterocycles. The van der Waals surface area contributed by atoms with Crippen LogP contribution in [0.5, 0.6) is 0 Å². The van der Waals surface area contributed by atoms with Crippen LogP contribution in [-0.4, -0.2) is 39.3 Å². The second-order valence-electron chi connectivity index (χ2n) is 5.91.